The summed E-state index contributed by atoms with van der Waals surface area (Å²) in [6.07, 6.45) is 0.359. The SMILES string of the molecule is N#C[C@H](Cc1ccc(-c2ccccc2)c(F)c1)N1CCCO[C@H](C(N)=O)C1. The molecule has 0 spiro atoms. The molecule has 0 aromatic heterocycles. The minimum absolute atomic E-state index is 0.276. The fourth-order valence-corrected chi connectivity index (χ4v) is 3.32. The second kappa shape index (κ2) is 8.76. The van der Waals surface area contributed by atoms with Gasteiger partial charge in [-0.15, -0.1) is 0 Å². The van der Waals surface area contributed by atoms with Crippen LogP contribution < -0.4 is 5.73 Å². The molecule has 0 bridgehead atoms. The van der Waals surface area contributed by atoms with Crippen LogP contribution in [0.4, 0.5) is 4.39 Å². The van der Waals surface area contributed by atoms with Crippen molar-refractivity contribution in [2.45, 2.75) is 25.0 Å². The van der Waals surface area contributed by atoms with Crippen LogP contribution in [0.5, 0.6) is 0 Å². The van der Waals surface area contributed by atoms with Gasteiger partial charge >= 0.3 is 0 Å². The number of primary amides is 1. The molecule has 1 aliphatic heterocycles. The van der Waals surface area contributed by atoms with Gasteiger partial charge in [0.25, 0.3) is 0 Å². The largest absolute Gasteiger partial charge is 0.367 e. The van der Waals surface area contributed by atoms with Crippen molar-refractivity contribution in [3.63, 3.8) is 0 Å². The topological polar surface area (TPSA) is 79.3 Å². The first-order chi connectivity index (χ1) is 13.1. The van der Waals surface area contributed by atoms with E-state index in [1.54, 1.807) is 6.07 Å². The van der Waals surface area contributed by atoms with Gasteiger partial charge in [-0.05, 0) is 23.6 Å². The molecule has 3 rings (SSSR count). The van der Waals surface area contributed by atoms with Gasteiger partial charge in [-0.25, -0.2) is 4.39 Å². The third-order valence-corrected chi connectivity index (χ3v) is 4.76. The zero-order valence-electron chi connectivity index (χ0n) is 15.0. The highest BCUT2D eigenvalue weighted by Crippen LogP contribution is 2.24. The molecule has 2 aromatic rings. The molecule has 1 saturated heterocycles. The molecule has 1 amide bonds. The maximum Gasteiger partial charge on any atom is 0.247 e. The maximum atomic E-state index is 14.6. The van der Waals surface area contributed by atoms with Gasteiger partial charge < -0.3 is 10.5 Å². The number of benzene rings is 2. The number of amides is 1. The van der Waals surface area contributed by atoms with E-state index in [9.17, 15) is 14.4 Å². The predicted octanol–water partition coefficient (Wildman–Crippen LogP) is 2.50. The normalized spacial score (nSPS) is 19.0. The number of nitrogens with two attached hydrogens (primary N) is 1. The molecule has 1 aliphatic rings. The lowest BCUT2D eigenvalue weighted by atomic mass is 9.99. The summed E-state index contributed by atoms with van der Waals surface area (Å²) in [5.74, 6) is -0.846. The van der Waals surface area contributed by atoms with Crippen molar-refractivity contribution in [3.05, 3.63) is 59.9 Å². The van der Waals surface area contributed by atoms with Gasteiger partial charge in [0.2, 0.25) is 5.91 Å². The molecule has 0 aliphatic carbocycles. The first-order valence-electron chi connectivity index (χ1n) is 8.97. The monoisotopic (exact) mass is 367 g/mol. The van der Waals surface area contributed by atoms with Crippen LogP contribution in [0.25, 0.3) is 11.1 Å². The smallest absolute Gasteiger partial charge is 0.247 e. The number of hydrogen-bond acceptors (Lipinski definition) is 4. The molecule has 27 heavy (non-hydrogen) atoms. The van der Waals surface area contributed by atoms with Crippen LogP contribution in [0.1, 0.15) is 12.0 Å². The van der Waals surface area contributed by atoms with Crippen LogP contribution in [0.3, 0.4) is 0 Å². The summed E-state index contributed by atoms with van der Waals surface area (Å²) in [4.78, 5) is 13.4. The summed E-state index contributed by atoms with van der Waals surface area (Å²) in [6.45, 7) is 1.34. The number of hydrogen-bond donors (Lipinski definition) is 1. The fraction of sp³-hybridized carbons (Fsp3) is 0.333. The molecular formula is C21H22FN3O2. The molecule has 2 atom stereocenters. The molecule has 0 unspecified atom stereocenters. The highest BCUT2D eigenvalue weighted by atomic mass is 19.1. The second-order valence-electron chi connectivity index (χ2n) is 6.64. The number of halogens is 1. The van der Waals surface area contributed by atoms with Gasteiger partial charge in [0, 0.05) is 31.7 Å². The van der Waals surface area contributed by atoms with E-state index in [1.165, 1.54) is 6.07 Å². The van der Waals surface area contributed by atoms with Crippen molar-refractivity contribution in [2.24, 2.45) is 5.73 Å². The minimum atomic E-state index is -0.722. The Morgan fingerprint density at radius 3 is 2.78 bits per heavy atom. The molecule has 140 valence electrons. The highest BCUT2D eigenvalue weighted by molar-refractivity contribution is 5.79. The first-order valence-corrected chi connectivity index (χ1v) is 8.97. The summed E-state index contributed by atoms with van der Waals surface area (Å²) < 4.78 is 20.0. The Bertz CT molecular complexity index is 835. The van der Waals surface area contributed by atoms with Crippen molar-refractivity contribution >= 4 is 5.91 Å². The summed E-state index contributed by atoms with van der Waals surface area (Å²) in [6, 6.07) is 16.2. The van der Waals surface area contributed by atoms with E-state index in [1.807, 2.05) is 41.3 Å². The van der Waals surface area contributed by atoms with Crippen LogP contribution in [0, 0.1) is 17.1 Å². The van der Waals surface area contributed by atoms with E-state index >= 15 is 0 Å². The second-order valence-corrected chi connectivity index (χ2v) is 6.64. The standard InChI is InChI=1S/C21H22FN3O2/c22-19-12-15(7-8-18(19)16-5-2-1-3-6-16)11-17(13-23)25-9-4-10-27-20(14-25)21(24)26/h1-3,5-8,12,17,20H,4,9-11,14H2,(H2,24,26)/t17-,20-/m0/s1. The van der Waals surface area contributed by atoms with Crippen LogP contribution in [-0.2, 0) is 16.0 Å². The molecular weight excluding hydrogens is 345 g/mol. The van der Waals surface area contributed by atoms with Gasteiger partial charge in [0.05, 0.1) is 6.07 Å². The minimum Gasteiger partial charge on any atom is -0.367 e. The molecule has 5 nitrogen and oxygen atoms in total. The van der Waals surface area contributed by atoms with Gasteiger partial charge in [0.1, 0.15) is 18.0 Å². The summed E-state index contributed by atoms with van der Waals surface area (Å²) >= 11 is 0. The Balaban J connectivity index is 1.75. The predicted molar refractivity (Wildman–Crippen MR) is 100 cm³/mol. The van der Waals surface area contributed by atoms with Crippen molar-refractivity contribution in [2.75, 3.05) is 19.7 Å². The first kappa shape index (κ1) is 19.0. The molecule has 6 heteroatoms. The van der Waals surface area contributed by atoms with E-state index in [4.69, 9.17) is 10.5 Å². The lowest BCUT2D eigenvalue weighted by molar-refractivity contribution is -0.129. The van der Waals surface area contributed by atoms with Gasteiger partial charge in [0.15, 0.2) is 0 Å². The van der Waals surface area contributed by atoms with Crippen molar-refractivity contribution in [1.29, 1.82) is 5.26 Å². The number of nitriles is 1. The Labute approximate surface area is 158 Å². The number of carbonyl (C=O) groups is 1. The van der Waals surface area contributed by atoms with E-state index in [0.717, 1.165) is 11.1 Å². The van der Waals surface area contributed by atoms with E-state index in [0.29, 0.717) is 31.6 Å². The Morgan fingerprint density at radius 1 is 1.33 bits per heavy atom. The number of nitrogens with zero attached hydrogens (tertiary/aromatic N) is 2. The quantitative estimate of drug-likeness (QED) is 0.881. The number of carbonyl (C=O) groups excluding carboxylic acids is 1. The lowest BCUT2D eigenvalue weighted by Gasteiger charge is -2.27. The Hall–Kier alpha value is -2.75. The molecule has 2 N–H and O–H groups in total. The summed E-state index contributed by atoms with van der Waals surface area (Å²) in [5, 5.41) is 9.62. The number of ether oxygens (including phenoxy) is 1. The highest BCUT2D eigenvalue weighted by Gasteiger charge is 2.28. The molecule has 0 saturated carbocycles. The third kappa shape index (κ3) is 4.70. The van der Waals surface area contributed by atoms with E-state index in [-0.39, 0.29) is 12.4 Å². The average molecular weight is 367 g/mol. The zero-order chi connectivity index (χ0) is 19.2. The van der Waals surface area contributed by atoms with Gasteiger partial charge in [-0.3, -0.25) is 9.69 Å². The van der Waals surface area contributed by atoms with Crippen molar-refractivity contribution in [3.8, 4) is 17.2 Å². The van der Waals surface area contributed by atoms with Crippen LogP contribution in [0.15, 0.2) is 48.5 Å². The number of rotatable bonds is 5. The average Bonchev–Trinajstić information content (AvgIpc) is 2.93. The maximum absolute atomic E-state index is 14.6. The molecule has 1 fully saturated rings. The van der Waals surface area contributed by atoms with E-state index < -0.39 is 18.1 Å². The summed E-state index contributed by atoms with van der Waals surface area (Å²) in [5.41, 5.74) is 7.44. The van der Waals surface area contributed by atoms with Crippen molar-refractivity contribution < 1.29 is 13.9 Å². The fourth-order valence-electron chi connectivity index (χ4n) is 3.32. The van der Waals surface area contributed by atoms with Gasteiger partial charge in [-0.2, -0.15) is 5.26 Å². The lowest BCUT2D eigenvalue weighted by Crippen LogP contribution is -2.44. The Kier molecular flexibility index (Phi) is 6.17. The van der Waals surface area contributed by atoms with Crippen LogP contribution >= 0.6 is 0 Å². The van der Waals surface area contributed by atoms with Crippen molar-refractivity contribution in [1.82, 2.24) is 4.90 Å². The molecule has 1 heterocycles. The molecule has 2 aromatic carbocycles. The third-order valence-electron chi connectivity index (χ3n) is 4.76. The van der Waals surface area contributed by atoms with Crippen LogP contribution in [0.2, 0.25) is 0 Å². The van der Waals surface area contributed by atoms with E-state index in [2.05, 4.69) is 6.07 Å². The Morgan fingerprint density at radius 2 is 2.11 bits per heavy atom. The molecule has 0 radical (unpaired) electrons. The van der Waals surface area contributed by atoms with Crippen LogP contribution in [-0.4, -0.2) is 42.6 Å². The zero-order valence-corrected chi connectivity index (χ0v) is 15.0. The summed E-state index contributed by atoms with van der Waals surface area (Å²) in [7, 11) is 0. The van der Waals surface area contributed by atoms with Gasteiger partial charge in [-0.1, -0.05) is 42.5 Å².